The van der Waals surface area contributed by atoms with Gasteiger partial charge in [-0.3, -0.25) is 4.79 Å². The van der Waals surface area contributed by atoms with Gasteiger partial charge in [0.2, 0.25) is 5.91 Å². The molecule has 2 aliphatic rings. The third kappa shape index (κ3) is 6.16. The Morgan fingerprint density at radius 3 is 2.58 bits per heavy atom. The monoisotopic (exact) mass is 631 g/mol. The second kappa shape index (κ2) is 12.8. The van der Waals surface area contributed by atoms with E-state index in [1.807, 2.05) is 17.9 Å². The van der Waals surface area contributed by atoms with Crippen LogP contribution in [0.3, 0.4) is 0 Å². The number of anilines is 3. The normalized spacial score (nSPS) is 18.4. The van der Waals surface area contributed by atoms with Crippen LogP contribution in [0, 0.1) is 12.7 Å². The second-order valence-electron chi connectivity index (χ2n) is 12.7. The number of aryl methyl sites for hydroxylation is 1. The zero-order valence-electron chi connectivity index (χ0n) is 27.2. The number of carbonyl (C=O) groups excluding carboxylic acids is 1. The molecule has 0 radical (unpaired) electrons. The highest BCUT2D eigenvalue weighted by atomic mass is 35.5. The summed E-state index contributed by atoms with van der Waals surface area (Å²) in [6, 6.07) is 10.8. The van der Waals surface area contributed by atoms with E-state index in [4.69, 9.17) is 27.3 Å². The number of aromatic nitrogens is 1. The first-order valence-corrected chi connectivity index (χ1v) is 15.7. The number of nitrogens with zero attached hydrogens (tertiary/aromatic N) is 6. The molecular weight excluding hydrogens is 589 g/mol. The predicted octanol–water partition coefficient (Wildman–Crippen LogP) is 6.58. The van der Waals surface area contributed by atoms with E-state index < -0.39 is 5.82 Å². The lowest BCUT2D eigenvalue weighted by Crippen LogP contribution is -2.59. The van der Waals surface area contributed by atoms with Gasteiger partial charge >= 0.3 is 0 Å². The van der Waals surface area contributed by atoms with Gasteiger partial charge in [-0.1, -0.05) is 50.2 Å². The Balaban J connectivity index is 1.70. The molecule has 2 N–H and O–H groups in total. The van der Waals surface area contributed by atoms with Crippen LogP contribution >= 0.6 is 11.6 Å². The maximum absolute atomic E-state index is 15.3. The Morgan fingerprint density at radius 2 is 1.93 bits per heavy atom. The number of aliphatic imine (C=N–C) groups is 1. The molecule has 238 valence electrons. The van der Waals surface area contributed by atoms with Crippen LogP contribution in [-0.2, 0) is 11.3 Å². The molecule has 3 heterocycles. The number of fused-ring (bicyclic) bond motifs is 1. The van der Waals surface area contributed by atoms with Crippen molar-refractivity contribution in [2.24, 2.45) is 4.99 Å². The zero-order valence-corrected chi connectivity index (χ0v) is 28.0. The summed E-state index contributed by atoms with van der Waals surface area (Å²) >= 11 is 6.92. The van der Waals surface area contributed by atoms with E-state index in [1.54, 1.807) is 12.1 Å². The topological polar surface area (TPSA) is 81.3 Å². The molecule has 0 saturated carbocycles. The smallest absolute Gasteiger partial charge is 0.246 e. The van der Waals surface area contributed by atoms with Crippen LogP contribution in [0.4, 0.5) is 21.6 Å². The Kier molecular flexibility index (Phi) is 9.23. The highest BCUT2D eigenvalue weighted by molar-refractivity contribution is 6.34. The summed E-state index contributed by atoms with van der Waals surface area (Å²) in [5, 5.41) is 0.281. The van der Waals surface area contributed by atoms with E-state index in [9.17, 15) is 4.79 Å². The lowest BCUT2D eigenvalue weighted by Gasteiger charge is -2.46. The van der Waals surface area contributed by atoms with Crippen molar-refractivity contribution < 1.29 is 9.18 Å². The van der Waals surface area contributed by atoms with Crippen molar-refractivity contribution in [3.63, 3.8) is 0 Å². The Bertz CT molecular complexity index is 1650. The van der Waals surface area contributed by atoms with E-state index in [2.05, 4.69) is 75.2 Å². The minimum Gasteiger partial charge on any atom is -0.398 e. The number of nitrogens with two attached hydrogens (primary N) is 1. The van der Waals surface area contributed by atoms with Gasteiger partial charge in [-0.05, 0) is 81.7 Å². The number of nitrogen functional groups attached to an aromatic ring is 1. The van der Waals surface area contributed by atoms with Gasteiger partial charge in [0.1, 0.15) is 24.1 Å². The molecular formula is C35H43ClFN7O. The summed E-state index contributed by atoms with van der Waals surface area (Å²) in [6.45, 7) is 16.5. The fourth-order valence-corrected chi connectivity index (χ4v) is 6.77. The first-order valence-electron chi connectivity index (χ1n) is 15.4. The lowest BCUT2D eigenvalue weighted by molar-refractivity contribution is -0.130. The fourth-order valence-electron chi connectivity index (χ4n) is 6.52. The summed E-state index contributed by atoms with van der Waals surface area (Å²) in [7, 11) is 4.13. The molecule has 8 nitrogen and oxygen atoms in total. The molecule has 2 atom stereocenters. The van der Waals surface area contributed by atoms with Crippen molar-refractivity contribution in [1.29, 1.82) is 0 Å². The van der Waals surface area contributed by atoms with E-state index in [-0.39, 0.29) is 45.9 Å². The number of hydrogen-bond acceptors (Lipinski definition) is 7. The molecule has 2 unspecified atom stereocenters. The van der Waals surface area contributed by atoms with Crippen LogP contribution in [-0.4, -0.2) is 77.4 Å². The number of carbonyl (C=O) groups is 1. The molecule has 0 aliphatic carbocycles. The number of halogens is 2. The van der Waals surface area contributed by atoms with E-state index >= 15 is 4.39 Å². The molecule has 1 saturated heterocycles. The van der Waals surface area contributed by atoms with Crippen LogP contribution in [0.15, 0.2) is 54.0 Å². The Morgan fingerprint density at radius 1 is 1.20 bits per heavy atom. The number of amidine groups is 1. The quantitative estimate of drug-likeness (QED) is 0.245. The number of rotatable bonds is 6. The van der Waals surface area contributed by atoms with Crippen molar-refractivity contribution in [3.8, 4) is 11.3 Å². The highest BCUT2D eigenvalue weighted by Gasteiger charge is 2.37. The molecule has 5 rings (SSSR count). The van der Waals surface area contributed by atoms with Crippen molar-refractivity contribution in [3.05, 3.63) is 82.1 Å². The lowest BCUT2D eigenvalue weighted by atomic mass is 9.93. The number of amides is 1. The predicted molar refractivity (Wildman–Crippen MR) is 183 cm³/mol. The van der Waals surface area contributed by atoms with Gasteiger partial charge in [-0.15, -0.1) is 0 Å². The van der Waals surface area contributed by atoms with Crippen molar-refractivity contribution in [2.45, 2.75) is 59.2 Å². The number of hydrogen-bond donors (Lipinski definition) is 1. The molecule has 45 heavy (non-hydrogen) atoms. The van der Waals surface area contributed by atoms with Crippen molar-refractivity contribution in [2.75, 3.05) is 44.5 Å². The number of pyridine rings is 1. The molecule has 10 heteroatoms. The third-order valence-electron chi connectivity index (χ3n) is 8.59. The third-order valence-corrected chi connectivity index (χ3v) is 8.88. The van der Waals surface area contributed by atoms with E-state index in [1.165, 1.54) is 23.3 Å². The van der Waals surface area contributed by atoms with Gasteiger partial charge in [0, 0.05) is 37.4 Å². The van der Waals surface area contributed by atoms with Gasteiger partial charge in [-0.25, -0.2) is 14.4 Å². The number of piperazine rings is 1. The van der Waals surface area contributed by atoms with Crippen LogP contribution in [0.25, 0.3) is 11.3 Å². The average Bonchev–Trinajstić information content (AvgIpc) is 2.97. The van der Waals surface area contributed by atoms with E-state index in [0.717, 1.165) is 29.2 Å². The van der Waals surface area contributed by atoms with Gasteiger partial charge < -0.3 is 25.3 Å². The van der Waals surface area contributed by atoms with Crippen LogP contribution in [0.1, 0.15) is 55.9 Å². The maximum Gasteiger partial charge on any atom is 0.246 e. The first kappa shape index (κ1) is 32.4. The maximum atomic E-state index is 15.3. The van der Waals surface area contributed by atoms with Gasteiger partial charge in [-0.2, -0.15) is 0 Å². The summed E-state index contributed by atoms with van der Waals surface area (Å²) in [5.41, 5.74) is 12.3. The first-order chi connectivity index (χ1) is 21.3. The molecule has 0 bridgehead atoms. The van der Waals surface area contributed by atoms with Crippen LogP contribution in [0.2, 0.25) is 5.02 Å². The minimum absolute atomic E-state index is 0.0257. The van der Waals surface area contributed by atoms with Crippen LogP contribution < -0.4 is 10.6 Å². The average molecular weight is 632 g/mol. The molecule has 3 aromatic rings. The summed E-state index contributed by atoms with van der Waals surface area (Å²) < 4.78 is 15.3. The molecule has 2 aromatic carbocycles. The Hall–Kier alpha value is -3.95. The second-order valence-corrected chi connectivity index (χ2v) is 13.1. The molecule has 0 spiro atoms. The molecule has 1 aromatic heterocycles. The molecule has 2 aliphatic heterocycles. The zero-order chi connectivity index (χ0) is 32.7. The standard InChI is InChI=1S/C35H43ClFN7O/c1-9-30(45)42-16-23(6)43(17-22(42)5)34-26-15-27(36)32(31-28(37)11-10-12-29(31)38)40-35(26)44(19-39-34)33-21(4)13-24(18-41(7)8)14-25(33)20(2)3/h9-15,20,22-23H,1,16-19,38H2,2-8H3. The van der Waals surface area contributed by atoms with Gasteiger partial charge in [0.15, 0.2) is 0 Å². The molecule has 1 amide bonds. The van der Waals surface area contributed by atoms with Crippen LogP contribution in [0.5, 0.6) is 0 Å². The van der Waals surface area contributed by atoms with E-state index in [0.29, 0.717) is 25.6 Å². The summed E-state index contributed by atoms with van der Waals surface area (Å²) in [6.07, 6.45) is 1.36. The largest absolute Gasteiger partial charge is 0.398 e. The fraction of sp³-hybridized carbons (Fsp3) is 0.400. The molecule has 1 fully saturated rings. The minimum atomic E-state index is -0.488. The Labute approximate surface area is 271 Å². The summed E-state index contributed by atoms with van der Waals surface area (Å²) in [4.78, 5) is 31.2. The summed E-state index contributed by atoms with van der Waals surface area (Å²) in [5.74, 6) is 1.04. The van der Waals surface area contributed by atoms with Gasteiger partial charge in [0.05, 0.1) is 27.5 Å². The SMILES string of the molecule is C=CC(=O)N1CC(C)N(C2=NCN(c3c(C)cc(CN(C)C)cc3C(C)C)c3nc(-c4c(N)cccc4F)c(Cl)cc32)CC1C. The number of benzene rings is 2. The van der Waals surface area contributed by atoms with Crippen molar-refractivity contribution in [1.82, 2.24) is 19.7 Å². The van der Waals surface area contributed by atoms with Crippen molar-refractivity contribution >= 4 is 40.5 Å². The van der Waals surface area contributed by atoms with Gasteiger partial charge in [0.25, 0.3) is 0 Å². The highest BCUT2D eigenvalue weighted by Crippen LogP contribution is 2.43.